The number of amides is 2. The van der Waals surface area contributed by atoms with Gasteiger partial charge in [-0.2, -0.15) is 5.10 Å². The van der Waals surface area contributed by atoms with E-state index in [9.17, 15) is 9.59 Å². The van der Waals surface area contributed by atoms with Crippen molar-refractivity contribution in [3.63, 3.8) is 0 Å². The van der Waals surface area contributed by atoms with Crippen molar-refractivity contribution in [1.82, 2.24) is 20.0 Å². The van der Waals surface area contributed by atoms with Gasteiger partial charge in [0, 0.05) is 51.0 Å². The Labute approximate surface area is 205 Å². The Hall–Kier alpha value is -3.65. The molecule has 0 radical (unpaired) electrons. The number of rotatable bonds is 9. The van der Waals surface area contributed by atoms with Gasteiger partial charge in [0.2, 0.25) is 5.91 Å². The van der Waals surface area contributed by atoms with Crippen LogP contribution in [0.5, 0.6) is 5.75 Å². The molecule has 35 heavy (non-hydrogen) atoms. The zero-order valence-corrected chi connectivity index (χ0v) is 20.3. The van der Waals surface area contributed by atoms with Gasteiger partial charge >= 0.3 is 0 Å². The smallest absolute Gasteiger partial charge is 0.257 e. The summed E-state index contributed by atoms with van der Waals surface area (Å²) in [7, 11) is 3.26. The van der Waals surface area contributed by atoms with Gasteiger partial charge in [-0.15, -0.1) is 0 Å². The molecule has 0 unspecified atom stereocenters. The summed E-state index contributed by atoms with van der Waals surface area (Å²) in [6, 6.07) is 17.3. The molecule has 0 spiro atoms. The number of hydrogen-bond donors (Lipinski definition) is 1. The number of carbonyl (C=O) groups is 2. The third kappa shape index (κ3) is 5.71. The summed E-state index contributed by atoms with van der Waals surface area (Å²) in [5, 5.41) is 7.76. The van der Waals surface area contributed by atoms with Crippen molar-refractivity contribution in [1.29, 1.82) is 0 Å². The largest absolute Gasteiger partial charge is 0.496 e. The first-order valence-electron chi connectivity index (χ1n) is 12.0. The average molecular weight is 477 g/mol. The molecule has 0 bridgehead atoms. The summed E-state index contributed by atoms with van der Waals surface area (Å²) >= 11 is 0. The first-order valence-corrected chi connectivity index (χ1v) is 12.0. The fourth-order valence-corrected chi connectivity index (χ4v) is 4.37. The Morgan fingerprint density at radius 2 is 1.74 bits per heavy atom. The molecular weight excluding hydrogens is 444 g/mol. The third-order valence-electron chi connectivity index (χ3n) is 6.30. The number of aromatic nitrogens is 2. The molecule has 1 saturated heterocycles. The Balaban J connectivity index is 1.53. The molecule has 1 aliphatic rings. The minimum absolute atomic E-state index is 0.0554. The Morgan fingerprint density at radius 3 is 2.46 bits per heavy atom. The Kier molecular flexibility index (Phi) is 8.15. The molecule has 2 heterocycles. The second-order valence-corrected chi connectivity index (χ2v) is 8.58. The van der Waals surface area contributed by atoms with Crippen molar-refractivity contribution in [2.75, 3.05) is 40.5 Å². The summed E-state index contributed by atoms with van der Waals surface area (Å²) in [5.41, 5.74) is 2.72. The van der Waals surface area contributed by atoms with Crippen molar-refractivity contribution < 1.29 is 19.1 Å². The molecule has 3 aromatic rings. The van der Waals surface area contributed by atoms with E-state index < -0.39 is 0 Å². The number of methoxy groups -OCH3 is 2. The molecule has 1 fully saturated rings. The van der Waals surface area contributed by atoms with Crippen molar-refractivity contribution in [3.05, 3.63) is 66.4 Å². The van der Waals surface area contributed by atoms with Crippen LogP contribution < -0.4 is 10.1 Å². The predicted molar refractivity (Wildman–Crippen MR) is 134 cm³/mol. The fraction of sp³-hybridized carbons (Fsp3) is 0.370. The van der Waals surface area contributed by atoms with E-state index in [-0.39, 0.29) is 17.7 Å². The first kappa shape index (κ1) is 24.5. The number of hydrogen-bond acceptors (Lipinski definition) is 5. The molecule has 0 atom stereocenters. The Bertz CT molecular complexity index is 1140. The number of nitrogens with zero attached hydrogens (tertiary/aromatic N) is 3. The molecule has 0 aliphatic carbocycles. The maximum Gasteiger partial charge on any atom is 0.257 e. The number of benzene rings is 2. The van der Waals surface area contributed by atoms with Crippen molar-refractivity contribution in [2.45, 2.75) is 19.3 Å². The lowest BCUT2D eigenvalue weighted by Gasteiger charge is -2.31. The highest BCUT2D eigenvalue weighted by molar-refractivity contribution is 6.00. The highest BCUT2D eigenvalue weighted by Gasteiger charge is 2.30. The lowest BCUT2D eigenvalue weighted by Crippen LogP contribution is -2.43. The average Bonchev–Trinajstić information content (AvgIpc) is 3.36. The molecule has 184 valence electrons. The molecule has 1 N–H and O–H groups in total. The molecule has 8 nitrogen and oxygen atoms in total. The summed E-state index contributed by atoms with van der Waals surface area (Å²) in [4.78, 5) is 28.0. The van der Waals surface area contributed by atoms with Crippen molar-refractivity contribution >= 4 is 11.8 Å². The van der Waals surface area contributed by atoms with Crippen LogP contribution in [0, 0.1) is 5.92 Å². The highest BCUT2D eigenvalue weighted by Crippen LogP contribution is 2.33. The maximum atomic E-state index is 13.7. The molecule has 0 saturated carbocycles. The van der Waals surface area contributed by atoms with Crippen LogP contribution in [0.3, 0.4) is 0 Å². The minimum Gasteiger partial charge on any atom is -0.496 e. The van der Waals surface area contributed by atoms with Gasteiger partial charge in [0.1, 0.15) is 11.4 Å². The number of likely N-dealkylation sites (tertiary alicyclic amines) is 1. The van der Waals surface area contributed by atoms with Crippen LogP contribution >= 0.6 is 0 Å². The van der Waals surface area contributed by atoms with Crippen molar-refractivity contribution in [2.24, 2.45) is 5.92 Å². The van der Waals surface area contributed by atoms with Crippen LogP contribution in [0.2, 0.25) is 0 Å². The van der Waals surface area contributed by atoms with E-state index in [4.69, 9.17) is 14.6 Å². The van der Waals surface area contributed by atoms with Crippen LogP contribution in [-0.4, -0.2) is 67.0 Å². The number of ether oxygens (including phenoxy) is 2. The number of piperidine rings is 1. The van der Waals surface area contributed by atoms with Crippen LogP contribution in [-0.2, 0) is 9.53 Å². The van der Waals surface area contributed by atoms with Crippen LogP contribution in [0.25, 0.3) is 16.9 Å². The lowest BCUT2D eigenvalue weighted by atomic mass is 9.95. The van der Waals surface area contributed by atoms with E-state index in [0.29, 0.717) is 56.1 Å². The quantitative estimate of drug-likeness (QED) is 0.478. The molecular formula is C27H32N4O4. The second-order valence-electron chi connectivity index (χ2n) is 8.58. The van der Waals surface area contributed by atoms with Gasteiger partial charge in [0.15, 0.2) is 0 Å². The molecule has 2 amide bonds. The normalized spacial score (nSPS) is 14.1. The number of nitrogens with one attached hydrogen (secondary N) is 1. The SMILES string of the molecule is COCCCNC(=O)C1CCN(C(=O)c2cn(-c3ccccc3)nc2-c2ccccc2OC)CC1. The van der Waals surface area contributed by atoms with Crippen LogP contribution in [0.1, 0.15) is 29.6 Å². The summed E-state index contributed by atoms with van der Waals surface area (Å²) in [6.07, 6.45) is 3.85. The van der Waals surface area contributed by atoms with E-state index in [1.54, 1.807) is 25.1 Å². The van der Waals surface area contributed by atoms with Crippen LogP contribution in [0.4, 0.5) is 0 Å². The van der Waals surface area contributed by atoms with E-state index in [2.05, 4.69) is 5.32 Å². The van der Waals surface area contributed by atoms with Crippen LogP contribution in [0.15, 0.2) is 60.8 Å². The first-order chi connectivity index (χ1) is 17.1. The van der Waals surface area contributed by atoms with Gasteiger partial charge < -0.3 is 19.7 Å². The van der Waals surface area contributed by atoms with Crippen molar-refractivity contribution in [3.8, 4) is 22.7 Å². The van der Waals surface area contributed by atoms with E-state index in [1.165, 1.54) is 0 Å². The lowest BCUT2D eigenvalue weighted by molar-refractivity contribution is -0.126. The monoisotopic (exact) mass is 476 g/mol. The molecule has 1 aliphatic heterocycles. The standard InChI is InChI=1S/C27H32N4O4/c1-34-18-8-15-28-26(32)20-13-16-30(17-14-20)27(33)23-19-31(21-9-4-3-5-10-21)29-25(23)22-11-6-7-12-24(22)35-2/h3-7,9-12,19-20H,8,13-18H2,1-2H3,(H,28,32). The van der Waals surface area contributed by atoms with Gasteiger partial charge in [-0.3, -0.25) is 9.59 Å². The van der Waals surface area contributed by atoms with Gasteiger partial charge in [-0.25, -0.2) is 4.68 Å². The molecule has 8 heteroatoms. The van der Waals surface area contributed by atoms with E-state index in [0.717, 1.165) is 17.7 Å². The third-order valence-corrected chi connectivity index (χ3v) is 6.30. The van der Waals surface area contributed by atoms with Gasteiger partial charge in [0.05, 0.1) is 18.4 Å². The summed E-state index contributed by atoms with van der Waals surface area (Å²) in [6.45, 7) is 2.28. The number of para-hydroxylation sites is 2. The maximum absolute atomic E-state index is 13.7. The van der Waals surface area contributed by atoms with Gasteiger partial charge in [-0.1, -0.05) is 30.3 Å². The fourth-order valence-electron chi connectivity index (χ4n) is 4.37. The molecule has 4 rings (SSSR count). The summed E-state index contributed by atoms with van der Waals surface area (Å²) < 4.78 is 12.3. The molecule has 1 aromatic heterocycles. The topological polar surface area (TPSA) is 85.7 Å². The zero-order chi connectivity index (χ0) is 24.6. The number of carbonyl (C=O) groups excluding carboxylic acids is 2. The van der Waals surface area contributed by atoms with Gasteiger partial charge in [0.25, 0.3) is 5.91 Å². The zero-order valence-electron chi connectivity index (χ0n) is 20.3. The highest BCUT2D eigenvalue weighted by atomic mass is 16.5. The minimum atomic E-state index is -0.0907. The second kappa shape index (κ2) is 11.7. The Morgan fingerprint density at radius 1 is 1.03 bits per heavy atom. The van der Waals surface area contributed by atoms with E-state index in [1.807, 2.05) is 59.5 Å². The predicted octanol–water partition coefficient (Wildman–Crippen LogP) is 3.55. The summed E-state index contributed by atoms with van der Waals surface area (Å²) in [5.74, 6) is 0.540. The van der Waals surface area contributed by atoms with Gasteiger partial charge in [-0.05, 0) is 43.5 Å². The van der Waals surface area contributed by atoms with E-state index >= 15 is 0 Å². The molecule has 2 aromatic carbocycles.